The van der Waals surface area contributed by atoms with Gasteiger partial charge in [-0.1, -0.05) is 11.3 Å². The van der Waals surface area contributed by atoms with Gasteiger partial charge in [-0.3, -0.25) is 24.2 Å². The highest BCUT2D eigenvalue weighted by Gasteiger charge is 2.55. The molecule has 0 radical (unpaired) electrons. The van der Waals surface area contributed by atoms with Crippen LogP contribution in [0.5, 0.6) is 0 Å². The SMILES string of the molecule is CC(C)N1C(=O)SC2(CCCN(C3CCN(C(=O)c4c(N)sc5ncccc45)CC3)C2)C1=O. The number of nitrogens with zero attached hydrogens (tertiary/aromatic N) is 4. The first-order chi connectivity index (χ1) is 15.8. The summed E-state index contributed by atoms with van der Waals surface area (Å²) in [6.07, 6.45) is 5.07. The Morgan fingerprint density at radius 3 is 2.70 bits per heavy atom. The van der Waals surface area contributed by atoms with Crippen LogP contribution < -0.4 is 5.73 Å². The number of hydrogen-bond donors (Lipinski definition) is 1. The van der Waals surface area contributed by atoms with Gasteiger partial charge in [0.25, 0.3) is 11.1 Å². The van der Waals surface area contributed by atoms with E-state index in [1.54, 1.807) is 6.20 Å². The molecule has 176 valence electrons. The zero-order chi connectivity index (χ0) is 23.3. The fourth-order valence-electron chi connectivity index (χ4n) is 5.39. The third kappa shape index (κ3) is 3.81. The number of anilines is 1. The molecule has 1 spiro atoms. The molecule has 3 fully saturated rings. The number of carbonyl (C=O) groups is 3. The molecule has 33 heavy (non-hydrogen) atoms. The molecule has 8 nitrogen and oxygen atoms in total. The Kier molecular flexibility index (Phi) is 5.86. The number of piperidine rings is 2. The number of pyridine rings is 1. The van der Waals surface area contributed by atoms with Crippen molar-refractivity contribution in [1.82, 2.24) is 19.7 Å². The average Bonchev–Trinajstić information content (AvgIpc) is 3.25. The van der Waals surface area contributed by atoms with Crippen molar-refractivity contribution in [3.63, 3.8) is 0 Å². The molecule has 0 aliphatic carbocycles. The second-order valence-corrected chi connectivity index (χ2v) is 11.8. The van der Waals surface area contributed by atoms with Crippen molar-refractivity contribution in [2.75, 3.05) is 31.9 Å². The molecule has 5 rings (SSSR count). The van der Waals surface area contributed by atoms with Crippen LogP contribution in [0.15, 0.2) is 18.3 Å². The molecule has 3 amide bonds. The average molecular weight is 488 g/mol. The third-order valence-electron chi connectivity index (χ3n) is 7.06. The Balaban J connectivity index is 1.26. The van der Waals surface area contributed by atoms with E-state index in [1.807, 2.05) is 30.9 Å². The number of thiophene rings is 1. The third-order valence-corrected chi connectivity index (χ3v) is 9.28. The molecule has 0 saturated carbocycles. The highest BCUT2D eigenvalue weighted by atomic mass is 32.2. The van der Waals surface area contributed by atoms with E-state index in [9.17, 15) is 14.4 Å². The highest BCUT2D eigenvalue weighted by molar-refractivity contribution is 8.16. The summed E-state index contributed by atoms with van der Waals surface area (Å²) in [5, 5.41) is 1.22. The number of aromatic nitrogens is 1. The van der Waals surface area contributed by atoms with Gasteiger partial charge < -0.3 is 10.6 Å². The maximum Gasteiger partial charge on any atom is 0.289 e. The minimum absolute atomic E-state index is 0.0278. The first-order valence-electron chi connectivity index (χ1n) is 11.5. The van der Waals surface area contributed by atoms with Crippen LogP contribution in [-0.4, -0.2) is 79.7 Å². The summed E-state index contributed by atoms with van der Waals surface area (Å²) in [4.78, 5) is 49.8. The van der Waals surface area contributed by atoms with Crippen LogP contribution in [0.1, 0.15) is 49.9 Å². The van der Waals surface area contributed by atoms with Gasteiger partial charge in [0.2, 0.25) is 5.91 Å². The van der Waals surface area contributed by atoms with Crippen molar-refractivity contribution in [2.24, 2.45) is 0 Å². The molecule has 10 heteroatoms. The van der Waals surface area contributed by atoms with E-state index in [4.69, 9.17) is 5.73 Å². The minimum atomic E-state index is -0.649. The van der Waals surface area contributed by atoms with E-state index in [0.717, 1.165) is 42.4 Å². The Bertz CT molecular complexity index is 1110. The normalized spacial score (nSPS) is 25.2. The zero-order valence-electron chi connectivity index (χ0n) is 19.0. The van der Waals surface area contributed by atoms with E-state index in [0.29, 0.717) is 36.2 Å². The van der Waals surface area contributed by atoms with Crippen molar-refractivity contribution < 1.29 is 14.4 Å². The van der Waals surface area contributed by atoms with E-state index < -0.39 is 4.75 Å². The Labute approximate surface area is 201 Å². The van der Waals surface area contributed by atoms with Crippen LogP contribution in [0.4, 0.5) is 9.80 Å². The predicted octanol–water partition coefficient (Wildman–Crippen LogP) is 3.42. The molecular formula is C23H29N5O3S2. The minimum Gasteiger partial charge on any atom is -0.390 e. The van der Waals surface area contributed by atoms with E-state index in [2.05, 4.69) is 9.88 Å². The van der Waals surface area contributed by atoms with Crippen molar-refractivity contribution in [1.29, 1.82) is 0 Å². The Morgan fingerprint density at radius 1 is 1.24 bits per heavy atom. The van der Waals surface area contributed by atoms with Crippen molar-refractivity contribution in [2.45, 2.75) is 56.4 Å². The lowest BCUT2D eigenvalue weighted by molar-refractivity contribution is -0.132. The fourth-order valence-corrected chi connectivity index (χ4v) is 7.68. The fraction of sp³-hybridized carbons (Fsp3) is 0.565. The van der Waals surface area contributed by atoms with Gasteiger partial charge in [0.1, 0.15) is 14.6 Å². The second-order valence-electron chi connectivity index (χ2n) is 9.43. The van der Waals surface area contributed by atoms with Crippen LogP contribution in [0.2, 0.25) is 0 Å². The number of thioether (sulfide) groups is 1. The summed E-state index contributed by atoms with van der Waals surface area (Å²) in [7, 11) is 0. The van der Waals surface area contributed by atoms with Gasteiger partial charge in [-0.05, 0) is 70.0 Å². The van der Waals surface area contributed by atoms with Gasteiger partial charge in [0.15, 0.2) is 0 Å². The summed E-state index contributed by atoms with van der Waals surface area (Å²) >= 11 is 2.57. The maximum absolute atomic E-state index is 13.3. The van der Waals surface area contributed by atoms with Gasteiger partial charge >= 0.3 is 0 Å². The van der Waals surface area contributed by atoms with Gasteiger partial charge in [-0.15, -0.1) is 0 Å². The van der Waals surface area contributed by atoms with Gasteiger partial charge in [0, 0.05) is 43.3 Å². The van der Waals surface area contributed by atoms with E-state index >= 15 is 0 Å². The quantitative estimate of drug-likeness (QED) is 0.708. The number of likely N-dealkylation sites (tertiary alicyclic amines) is 2. The molecule has 2 aromatic rings. The molecule has 0 aromatic carbocycles. The molecule has 1 unspecified atom stereocenters. The summed E-state index contributed by atoms with van der Waals surface area (Å²) < 4.78 is -0.649. The number of fused-ring (bicyclic) bond motifs is 1. The number of hydrogen-bond acceptors (Lipinski definition) is 8. The lowest BCUT2D eigenvalue weighted by atomic mass is 9.91. The number of nitrogens with two attached hydrogens (primary N) is 1. The number of imide groups is 1. The highest BCUT2D eigenvalue weighted by Crippen LogP contribution is 2.45. The Morgan fingerprint density at radius 2 is 2.00 bits per heavy atom. The number of carbonyl (C=O) groups excluding carboxylic acids is 3. The summed E-state index contributed by atoms with van der Waals surface area (Å²) in [6, 6.07) is 3.93. The summed E-state index contributed by atoms with van der Waals surface area (Å²) in [5.74, 6) is -0.0572. The standard InChI is InChI=1S/C23H29N5O3S2/c1-14(2)28-21(30)23(33-22(28)31)8-4-10-27(13-23)15-6-11-26(12-7-15)20(29)17-16-5-3-9-25-19(16)32-18(17)24/h3,5,9,14-15H,4,6-8,10-13,24H2,1-2H3. The number of amides is 3. The molecule has 0 bridgehead atoms. The molecule has 3 aliphatic rings. The lowest BCUT2D eigenvalue weighted by Gasteiger charge is -2.44. The van der Waals surface area contributed by atoms with Gasteiger partial charge in [-0.2, -0.15) is 0 Å². The predicted molar refractivity (Wildman–Crippen MR) is 131 cm³/mol. The molecular weight excluding hydrogens is 458 g/mol. The van der Waals surface area contributed by atoms with Crippen LogP contribution in [0.25, 0.3) is 10.2 Å². The zero-order valence-corrected chi connectivity index (χ0v) is 20.6. The summed E-state index contributed by atoms with van der Waals surface area (Å²) in [6.45, 7) is 6.63. The number of rotatable bonds is 3. The lowest BCUT2D eigenvalue weighted by Crippen LogP contribution is -2.56. The van der Waals surface area contributed by atoms with Gasteiger partial charge in [-0.25, -0.2) is 4.98 Å². The molecule has 1 atom stereocenters. The monoisotopic (exact) mass is 487 g/mol. The van der Waals surface area contributed by atoms with Crippen LogP contribution >= 0.6 is 23.1 Å². The first-order valence-corrected chi connectivity index (χ1v) is 13.2. The number of nitrogen functional groups attached to an aromatic ring is 1. The largest absolute Gasteiger partial charge is 0.390 e. The molecule has 3 saturated heterocycles. The summed E-state index contributed by atoms with van der Waals surface area (Å²) in [5.41, 5.74) is 6.75. The topological polar surface area (TPSA) is 99.8 Å². The maximum atomic E-state index is 13.3. The molecule has 2 N–H and O–H groups in total. The van der Waals surface area contributed by atoms with E-state index in [-0.39, 0.29) is 23.1 Å². The van der Waals surface area contributed by atoms with Crippen LogP contribution in [0.3, 0.4) is 0 Å². The smallest absolute Gasteiger partial charge is 0.289 e. The van der Waals surface area contributed by atoms with Crippen molar-refractivity contribution >= 4 is 55.4 Å². The van der Waals surface area contributed by atoms with Gasteiger partial charge in [0.05, 0.1) is 5.56 Å². The molecule has 3 aliphatic heterocycles. The first kappa shape index (κ1) is 22.6. The second kappa shape index (κ2) is 8.56. The molecule has 2 aromatic heterocycles. The Hall–Kier alpha value is -2.17. The molecule has 5 heterocycles. The van der Waals surface area contributed by atoms with E-state index in [1.165, 1.54) is 28.0 Å². The van der Waals surface area contributed by atoms with Crippen LogP contribution in [0, 0.1) is 0 Å². The van der Waals surface area contributed by atoms with Crippen molar-refractivity contribution in [3.05, 3.63) is 23.9 Å². The van der Waals surface area contributed by atoms with Crippen LogP contribution in [-0.2, 0) is 4.79 Å². The van der Waals surface area contributed by atoms with Crippen molar-refractivity contribution in [3.8, 4) is 0 Å².